The van der Waals surface area contributed by atoms with E-state index in [2.05, 4.69) is 69.4 Å². The molecule has 0 aromatic carbocycles. The van der Waals surface area contributed by atoms with Crippen LogP contribution >= 0.6 is 0 Å². The Bertz CT molecular complexity index is 951. The zero-order chi connectivity index (χ0) is 43.8. The van der Waals surface area contributed by atoms with E-state index in [1.165, 1.54) is 193 Å². The van der Waals surface area contributed by atoms with Gasteiger partial charge in [0.05, 0.1) is 12.2 Å². The van der Waals surface area contributed by atoms with Gasteiger partial charge in [0.1, 0.15) is 5.60 Å². The monoisotopic (exact) mass is 841 g/mol. The highest BCUT2D eigenvalue weighted by atomic mass is 16.4. The Morgan fingerprint density at radius 3 is 0.767 bits per heavy atom. The molecule has 0 bridgehead atoms. The maximum atomic E-state index is 12.2. The normalized spacial score (nSPS) is 14.4. The van der Waals surface area contributed by atoms with Crippen molar-refractivity contribution in [3.63, 3.8) is 0 Å². The third kappa shape index (κ3) is 38.5. The molecular weight excluding hydrogens is 733 g/mol. The lowest BCUT2D eigenvalue weighted by Gasteiger charge is -2.43. The summed E-state index contributed by atoms with van der Waals surface area (Å²) in [5, 5.41) is 34.6. The van der Waals surface area contributed by atoms with Crippen LogP contribution in [-0.2, 0) is 0 Å². The van der Waals surface area contributed by atoms with Gasteiger partial charge in [-0.3, -0.25) is 0 Å². The molecule has 3 N–H and O–H groups in total. The van der Waals surface area contributed by atoms with Crippen molar-refractivity contribution in [1.82, 2.24) is 0 Å². The maximum Gasteiger partial charge on any atom is 0.116 e. The van der Waals surface area contributed by atoms with Crippen molar-refractivity contribution < 1.29 is 15.3 Å². The average molecular weight is 841 g/mol. The number of allylic oxidation sites excluding steroid dienone is 8. The molecule has 0 saturated carbocycles. The molecule has 354 valence electrons. The van der Waals surface area contributed by atoms with Crippen LogP contribution < -0.4 is 0 Å². The van der Waals surface area contributed by atoms with Gasteiger partial charge in [0.25, 0.3) is 0 Å². The lowest BCUT2D eigenvalue weighted by molar-refractivity contribution is -0.185. The highest BCUT2D eigenvalue weighted by Crippen LogP contribution is 2.37. The summed E-state index contributed by atoms with van der Waals surface area (Å²) in [6.07, 6.45) is 70.0. The second-order valence-electron chi connectivity index (χ2n) is 18.9. The molecule has 0 aliphatic rings. The van der Waals surface area contributed by atoms with Gasteiger partial charge in [-0.05, 0) is 83.5 Å². The molecule has 0 fully saturated rings. The predicted molar refractivity (Wildman–Crippen MR) is 269 cm³/mol. The van der Waals surface area contributed by atoms with Crippen molar-refractivity contribution >= 4 is 0 Å². The molecule has 0 aromatic rings. The zero-order valence-corrected chi connectivity index (χ0v) is 41.1. The number of unbranched alkanes of at least 4 members (excludes halogenated alkanes) is 33. The van der Waals surface area contributed by atoms with Crippen LogP contribution in [0.15, 0.2) is 48.6 Å². The van der Waals surface area contributed by atoms with Gasteiger partial charge in [-0.2, -0.15) is 0 Å². The van der Waals surface area contributed by atoms with Crippen LogP contribution in [0.2, 0.25) is 0 Å². The molecule has 60 heavy (non-hydrogen) atoms. The van der Waals surface area contributed by atoms with Crippen molar-refractivity contribution in [2.24, 2.45) is 0 Å². The van der Waals surface area contributed by atoms with E-state index in [0.29, 0.717) is 19.3 Å². The summed E-state index contributed by atoms with van der Waals surface area (Å²) in [6, 6.07) is 0. The fourth-order valence-corrected chi connectivity index (χ4v) is 8.83. The van der Waals surface area contributed by atoms with Crippen molar-refractivity contribution in [3.8, 4) is 0 Å². The van der Waals surface area contributed by atoms with Crippen molar-refractivity contribution in [2.45, 2.75) is 308 Å². The van der Waals surface area contributed by atoms with E-state index < -0.39 is 11.2 Å². The zero-order valence-electron chi connectivity index (χ0n) is 41.1. The molecule has 3 heteroatoms. The second-order valence-corrected chi connectivity index (χ2v) is 18.9. The molecule has 0 saturated heterocycles. The van der Waals surface area contributed by atoms with Gasteiger partial charge in [0.15, 0.2) is 0 Å². The first-order chi connectivity index (χ1) is 29.5. The first kappa shape index (κ1) is 58.8. The summed E-state index contributed by atoms with van der Waals surface area (Å²) >= 11 is 0. The lowest BCUT2D eigenvalue weighted by Crippen LogP contribution is -2.56. The summed E-state index contributed by atoms with van der Waals surface area (Å²) in [7, 11) is 0. The highest BCUT2D eigenvalue weighted by molar-refractivity contribution is 4.99. The van der Waals surface area contributed by atoms with Crippen LogP contribution in [0.1, 0.15) is 297 Å². The summed E-state index contributed by atoms with van der Waals surface area (Å²) in [4.78, 5) is 0. The largest absolute Gasteiger partial charge is 0.393 e. The van der Waals surface area contributed by atoms with E-state index in [1.54, 1.807) is 0 Å². The molecule has 0 amide bonds. The average Bonchev–Trinajstić information content (AvgIpc) is 3.25. The molecule has 0 aliphatic heterocycles. The molecule has 0 aromatic heterocycles. The minimum absolute atomic E-state index is 0.342. The van der Waals surface area contributed by atoms with Gasteiger partial charge in [0.2, 0.25) is 0 Å². The molecular formula is C57H108O3. The smallest absolute Gasteiger partial charge is 0.116 e. The minimum Gasteiger partial charge on any atom is -0.393 e. The van der Waals surface area contributed by atoms with Gasteiger partial charge in [-0.1, -0.05) is 262 Å². The Morgan fingerprint density at radius 1 is 0.267 bits per heavy atom. The molecule has 0 spiro atoms. The summed E-state index contributed by atoms with van der Waals surface area (Å²) in [5.41, 5.74) is -2.61. The van der Waals surface area contributed by atoms with Crippen LogP contribution in [0.5, 0.6) is 0 Å². The van der Waals surface area contributed by atoms with Gasteiger partial charge in [-0.15, -0.1) is 0 Å². The third-order valence-electron chi connectivity index (χ3n) is 13.2. The van der Waals surface area contributed by atoms with Gasteiger partial charge in [-0.25, -0.2) is 0 Å². The van der Waals surface area contributed by atoms with Crippen molar-refractivity contribution in [2.75, 3.05) is 6.61 Å². The maximum absolute atomic E-state index is 12.2. The Balaban J connectivity index is 4.57. The lowest BCUT2D eigenvalue weighted by atomic mass is 9.73. The molecule has 0 aliphatic carbocycles. The second kappa shape index (κ2) is 47.3. The van der Waals surface area contributed by atoms with Crippen LogP contribution in [0.3, 0.4) is 0 Å². The molecule has 2 unspecified atom stereocenters. The van der Waals surface area contributed by atoms with Gasteiger partial charge >= 0.3 is 0 Å². The van der Waals surface area contributed by atoms with E-state index >= 15 is 0 Å². The SMILES string of the molecule is CCCCCC=CCC=CCCCCCCCCC(O)(CO)C(O)(CCCCCCCCC=CCC=CCCCCC)CCCCCCCCCCCCCCCCCC. The molecule has 0 rings (SSSR count). The van der Waals surface area contributed by atoms with E-state index in [4.69, 9.17) is 0 Å². The number of hydrogen-bond acceptors (Lipinski definition) is 3. The molecule has 3 nitrogen and oxygen atoms in total. The summed E-state index contributed by atoms with van der Waals surface area (Å²) in [5.74, 6) is 0. The standard InChI is InChI=1S/C57H108O3/c1-4-7-10-13-16-19-22-25-28-31-34-37-40-43-46-49-52-56(59,53-50-47-44-41-38-35-32-29-26-23-20-17-14-11-8-5-2)57(60,55-58)54-51-48-45-42-39-36-33-30-27-24-21-18-15-12-9-6-3/h16,18-19,21,25,27-28,30,58-60H,4-15,17,20,22-24,26,29,31-55H2,1-3H3. The van der Waals surface area contributed by atoms with E-state index in [-0.39, 0.29) is 6.61 Å². The Kier molecular flexibility index (Phi) is 46.4. The molecule has 0 radical (unpaired) electrons. The third-order valence-corrected chi connectivity index (χ3v) is 13.2. The molecule has 2 atom stereocenters. The number of aliphatic hydroxyl groups is 3. The van der Waals surface area contributed by atoms with Crippen LogP contribution in [0, 0.1) is 0 Å². The van der Waals surface area contributed by atoms with Crippen LogP contribution in [0.25, 0.3) is 0 Å². The van der Waals surface area contributed by atoms with Crippen LogP contribution in [0.4, 0.5) is 0 Å². The Hall–Kier alpha value is -1.16. The van der Waals surface area contributed by atoms with Crippen molar-refractivity contribution in [3.05, 3.63) is 48.6 Å². The van der Waals surface area contributed by atoms with E-state index in [0.717, 1.165) is 64.2 Å². The van der Waals surface area contributed by atoms with Gasteiger partial charge < -0.3 is 15.3 Å². The fourth-order valence-electron chi connectivity index (χ4n) is 8.83. The summed E-state index contributed by atoms with van der Waals surface area (Å²) in [6.45, 7) is 6.47. The first-order valence-corrected chi connectivity index (χ1v) is 27.1. The molecule has 0 heterocycles. The van der Waals surface area contributed by atoms with Crippen molar-refractivity contribution in [1.29, 1.82) is 0 Å². The first-order valence-electron chi connectivity index (χ1n) is 27.1. The van der Waals surface area contributed by atoms with Gasteiger partial charge in [0, 0.05) is 0 Å². The minimum atomic E-state index is -1.41. The Morgan fingerprint density at radius 2 is 0.483 bits per heavy atom. The highest BCUT2D eigenvalue weighted by Gasteiger charge is 2.47. The Labute approximate surface area is 377 Å². The number of hydrogen-bond donors (Lipinski definition) is 3. The topological polar surface area (TPSA) is 60.7 Å². The number of rotatable bonds is 49. The summed E-state index contributed by atoms with van der Waals surface area (Å²) < 4.78 is 0. The fraction of sp³-hybridized carbons (Fsp3) is 0.860. The van der Waals surface area contributed by atoms with Crippen LogP contribution in [-0.4, -0.2) is 33.1 Å². The van der Waals surface area contributed by atoms with E-state index in [1.807, 2.05) is 0 Å². The quantitative estimate of drug-likeness (QED) is 0.0422. The predicted octanol–water partition coefficient (Wildman–Crippen LogP) is 18.5. The number of aliphatic hydroxyl groups excluding tert-OH is 1. The van der Waals surface area contributed by atoms with E-state index in [9.17, 15) is 15.3 Å².